The summed E-state index contributed by atoms with van der Waals surface area (Å²) in [7, 11) is 0. The number of aliphatic hydroxyl groups is 2. The van der Waals surface area contributed by atoms with Crippen LogP contribution >= 0.6 is 11.3 Å². The topological polar surface area (TPSA) is 53.4 Å². The van der Waals surface area contributed by atoms with Crippen molar-refractivity contribution in [2.75, 3.05) is 13.2 Å². The van der Waals surface area contributed by atoms with Crippen molar-refractivity contribution in [1.82, 2.24) is 4.98 Å². The van der Waals surface area contributed by atoms with E-state index in [1.807, 2.05) is 31.2 Å². The highest BCUT2D eigenvalue weighted by molar-refractivity contribution is 7.18. The van der Waals surface area contributed by atoms with Crippen LogP contribution in [0, 0.1) is 5.41 Å². The molecule has 0 bridgehead atoms. The van der Waals surface area contributed by atoms with Crippen molar-refractivity contribution in [2.24, 2.45) is 5.41 Å². The van der Waals surface area contributed by atoms with E-state index in [9.17, 15) is 10.2 Å². The fourth-order valence-corrected chi connectivity index (χ4v) is 2.71. The quantitative estimate of drug-likeness (QED) is 0.853. The van der Waals surface area contributed by atoms with E-state index in [0.29, 0.717) is 6.42 Å². The lowest BCUT2D eigenvalue weighted by atomic mass is 9.89. The fourth-order valence-electron chi connectivity index (χ4n) is 1.52. The number of thiazole rings is 1. The minimum atomic E-state index is -0.478. The van der Waals surface area contributed by atoms with Crippen molar-refractivity contribution in [3.05, 3.63) is 29.3 Å². The molecular formula is C12H15NO2S. The average molecular weight is 237 g/mol. The van der Waals surface area contributed by atoms with Crippen molar-refractivity contribution < 1.29 is 10.2 Å². The molecule has 0 saturated heterocycles. The van der Waals surface area contributed by atoms with Crippen LogP contribution in [0.5, 0.6) is 0 Å². The van der Waals surface area contributed by atoms with E-state index in [2.05, 4.69) is 4.98 Å². The first kappa shape index (κ1) is 11.5. The number of hydrogen-bond donors (Lipinski definition) is 2. The smallest absolute Gasteiger partial charge is 0.0945 e. The van der Waals surface area contributed by atoms with Crippen molar-refractivity contribution in [1.29, 1.82) is 0 Å². The first-order chi connectivity index (χ1) is 7.67. The maximum Gasteiger partial charge on any atom is 0.0945 e. The first-order valence-electron chi connectivity index (χ1n) is 5.23. The van der Waals surface area contributed by atoms with E-state index in [0.717, 1.165) is 15.2 Å². The zero-order valence-corrected chi connectivity index (χ0v) is 10.00. The van der Waals surface area contributed by atoms with Gasteiger partial charge >= 0.3 is 0 Å². The van der Waals surface area contributed by atoms with Crippen LogP contribution in [0.2, 0.25) is 0 Å². The average Bonchev–Trinajstić information content (AvgIpc) is 2.70. The van der Waals surface area contributed by atoms with Gasteiger partial charge in [-0.1, -0.05) is 19.1 Å². The first-order valence-corrected chi connectivity index (χ1v) is 6.05. The Hall–Kier alpha value is -0.970. The van der Waals surface area contributed by atoms with Gasteiger partial charge in [-0.05, 0) is 12.1 Å². The van der Waals surface area contributed by atoms with Gasteiger partial charge in [0.15, 0.2) is 0 Å². The molecule has 0 saturated carbocycles. The molecule has 0 aliphatic carbocycles. The van der Waals surface area contributed by atoms with Crippen molar-refractivity contribution in [3.8, 4) is 0 Å². The van der Waals surface area contributed by atoms with Crippen LogP contribution in [-0.2, 0) is 6.42 Å². The van der Waals surface area contributed by atoms with Crippen molar-refractivity contribution in [3.63, 3.8) is 0 Å². The minimum Gasteiger partial charge on any atom is -0.396 e. The lowest BCUT2D eigenvalue weighted by Gasteiger charge is -2.22. The lowest BCUT2D eigenvalue weighted by Crippen LogP contribution is -2.28. The maximum atomic E-state index is 9.24. The number of benzene rings is 1. The summed E-state index contributed by atoms with van der Waals surface area (Å²) < 4.78 is 1.15. The van der Waals surface area contributed by atoms with E-state index >= 15 is 0 Å². The fraction of sp³-hybridized carbons (Fsp3) is 0.417. The second-order valence-corrected chi connectivity index (χ2v) is 5.49. The van der Waals surface area contributed by atoms with Crippen molar-refractivity contribution >= 4 is 21.6 Å². The number of nitrogens with zero attached hydrogens (tertiary/aromatic N) is 1. The number of aromatic nitrogens is 1. The Kier molecular flexibility index (Phi) is 3.23. The van der Waals surface area contributed by atoms with Gasteiger partial charge in [-0.15, -0.1) is 11.3 Å². The summed E-state index contributed by atoms with van der Waals surface area (Å²) in [5.41, 5.74) is 0.508. The van der Waals surface area contributed by atoms with Gasteiger partial charge in [0, 0.05) is 11.8 Å². The van der Waals surface area contributed by atoms with Crippen LogP contribution in [-0.4, -0.2) is 28.4 Å². The number of para-hydroxylation sites is 1. The third kappa shape index (κ3) is 2.24. The molecule has 2 aromatic rings. The standard InChI is InChI=1S/C12H15NO2S/c1-12(7-14,8-15)6-11-13-9-4-2-3-5-10(9)16-11/h2-5,14-15H,6-8H2,1H3. The monoisotopic (exact) mass is 237 g/mol. The molecule has 16 heavy (non-hydrogen) atoms. The molecule has 0 unspecified atom stereocenters. The molecular weight excluding hydrogens is 222 g/mol. The molecule has 0 atom stereocenters. The molecule has 86 valence electrons. The summed E-state index contributed by atoms with van der Waals surface area (Å²) in [4.78, 5) is 4.49. The van der Waals surface area contributed by atoms with Gasteiger partial charge in [0.05, 0.1) is 28.4 Å². The molecule has 1 aromatic heterocycles. The molecule has 3 nitrogen and oxygen atoms in total. The third-order valence-electron chi connectivity index (χ3n) is 2.68. The van der Waals surface area contributed by atoms with Crippen LogP contribution in [0.4, 0.5) is 0 Å². The summed E-state index contributed by atoms with van der Waals surface area (Å²) in [5.74, 6) is 0. The normalized spacial score (nSPS) is 12.2. The van der Waals surface area contributed by atoms with E-state index in [-0.39, 0.29) is 13.2 Å². The summed E-state index contributed by atoms with van der Waals surface area (Å²) in [5, 5.41) is 19.4. The molecule has 0 radical (unpaired) electrons. The highest BCUT2D eigenvalue weighted by Crippen LogP contribution is 2.27. The SMILES string of the molecule is CC(CO)(CO)Cc1nc2ccccc2s1. The Bertz CT molecular complexity index is 444. The molecule has 1 aromatic carbocycles. The Balaban J connectivity index is 2.27. The Morgan fingerprint density at radius 3 is 2.56 bits per heavy atom. The van der Waals surface area contributed by atoms with E-state index < -0.39 is 5.41 Å². The molecule has 2 N–H and O–H groups in total. The molecule has 2 rings (SSSR count). The highest BCUT2D eigenvalue weighted by atomic mass is 32.1. The van der Waals surface area contributed by atoms with E-state index in [1.165, 1.54) is 0 Å². The lowest BCUT2D eigenvalue weighted by molar-refractivity contribution is 0.0704. The van der Waals surface area contributed by atoms with E-state index in [4.69, 9.17) is 0 Å². The zero-order valence-electron chi connectivity index (χ0n) is 9.18. The summed E-state index contributed by atoms with van der Waals surface area (Å²) in [6.07, 6.45) is 0.610. The van der Waals surface area contributed by atoms with E-state index in [1.54, 1.807) is 11.3 Å². The van der Waals surface area contributed by atoms with Crippen molar-refractivity contribution in [2.45, 2.75) is 13.3 Å². The Morgan fingerprint density at radius 1 is 1.25 bits per heavy atom. The van der Waals surface area contributed by atoms with Crippen LogP contribution in [0.3, 0.4) is 0 Å². The van der Waals surface area contributed by atoms with Crippen LogP contribution in [0.15, 0.2) is 24.3 Å². The summed E-state index contributed by atoms with van der Waals surface area (Å²) >= 11 is 1.62. The number of fused-ring (bicyclic) bond motifs is 1. The molecule has 4 heteroatoms. The third-order valence-corrected chi connectivity index (χ3v) is 3.72. The molecule has 0 fully saturated rings. The minimum absolute atomic E-state index is 0.0283. The largest absolute Gasteiger partial charge is 0.396 e. The zero-order chi connectivity index (χ0) is 11.6. The van der Waals surface area contributed by atoms with Crippen LogP contribution in [0.1, 0.15) is 11.9 Å². The molecule has 0 aliphatic heterocycles. The Morgan fingerprint density at radius 2 is 1.94 bits per heavy atom. The van der Waals surface area contributed by atoms with Gasteiger partial charge in [-0.3, -0.25) is 0 Å². The second kappa shape index (κ2) is 4.49. The van der Waals surface area contributed by atoms with Gasteiger partial charge in [-0.2, -0.15) is 0 Å². The summed E-state index contributed by atoms with van der Waals surface area (Å²) in [6.45, 7) is 1.80. The molecule has 0 aliphatic rings. The predicted molar refractivity (Wildman–Crippen MR) is 65.6 cm³/mol. The molecule has 0 spiro atoms. The molecule has 1 heterocycles. The summed E-state index contributed by atoms with van der Waals surface area (Å²) in [6, 6.07) is 7.96. The van der Waals surface area contributed by atoms with Gasteiger partial charge in [0.2, 0.25) is 0 Å². The van der Waals surface area contributed by atoms with Gasteiger partial charge in [-0.25, -0.2) is 4.98 Å². The number of aliphatic hydroxyl groups excluding tert-OH is 2. The number of rotatable bonds is 4. The van der Waals surface area contributed by atoms with Crippen LogP contribution < -0.4 is 0 Å². The predicted octanol–water partition coefficient (Wildman–Crippen LogP) is 1.83. The Labute approximate surface area is 98.4 Å². The second-order valence-electron chi connectivity index (χ2n) is 4.38. The maximum absolute atomic E-state index is 9.24. The highest BCUT2D eigenvalue weighted by Gasteiger charge is 2.24. The van der Waals surface area contributed by atoms with Gasteiger partial charge in [0.1, 0.15) is 0 Å². The van der Waals surface area contributed by atoms with Gasteiger partial charge < -0.3 is 10.2 Å². The number of hydrogen-bond acceptors (Lipinski definition) is 4. The van der Waals surface area contributed by atoms with Crippen LogP contribution in [0.25, 0.3) is 10.2 Å². The van der Waals surface area contributed by atoms with Gasteiger partial charge in [0.25, 0.3) is 0 Å². The molecule has 0 amide bonds.